The third-order valence-corrected chi connectivity index (χ3v) is 3.47. The number of allylic oxidation sites excluding steroid dienone is 5. The normalized spacial score (nSPS) is 14.4. The average Bonchev–Trinajstić information content (AvgIpc) is 2.45. The highest BCUT2D eigenvalue weighted by atomic mass is 16.5. The lowest BCUT2D eigenvalue weighted by atomic mass is 9.88. The monoisotopic (exact) mass is 252 g/mol. The smallest absolute Gasteiger partial charge is 0.119 e. The maximum atomic E-state index is 5.27. The minimum Gasteiger partial charge on any atom is -0.497 e. The van der Waals surface area contributed by atoms with Crippen molar-refractivity contribution in [2.75, 3.05) is 7.11 Å². The number of methoxy groups -OCH3 is 1. The molecule has 0 fully saturated rings. The van der Waals surface area contributed by atoms with E-state index < -0.39 is 0 Å². The predicted molar refractivity (Wildman–Crippen MR) is 82.6 cm³/mol. The summed E-state index contributed by atoms with van der Waals surface area (Å²) in [5.41, 5.74) is 5.81. The standard InChI is InChI=1S/C18H20O/c1-13-8-7-9-16(12-13)14(2)17-10-5-6-11-18(17)15(3)19-4/h5-6,8,10-12H,2-3,7,9H2,1,4H3. The Bertz CT molecular complexity index is 573. The summed E-state index contributed by atoms with van der Waals surface area (Å²) in [6.45, 7) is 10.4. The SMILES string of the molecule is C=C(OC)c1ccccc1C(=C)C1=CC(C)=CCC1. The highest BCUT2D eigenvalue weighted by molar-refractivity contribution is 5.84. The minimum absolute atomic E-state index is 0.681. The van der Waals surface area contributed by atoms with Gasteiger partial charge in [-0.25, -0.2) is 0 Å². The van der Waals surface area contributed by atoms with Gasteiger partial charge in [0.15, 0.2) is 0 Å². The van der Waals surface area contributed by atoms with Crippen molar-refractivity contribution in [3.05, 3.63) is 71.8 Å². The second-order valence-electron chi connectivity index (χ2n) is 4.81. The fraction of sp³-hybridized carbons (Fsp3) is 0.222. The molecule has 0 spiro atoms. The summed E-state index contributed by atoms with van der Waals surface area (Å²) in [5, 5.41) is 0. The number of ether oxygens (including phenoxy) is 1. The molecule has 0 atom stereocenters. The van der Waals surface area contributed by atoms with Crippen LogP contribution in [0.3, 0.4) is 0 Å². The molecule has 0 N–H and O–H groups in total. The molecule has 0 unspecified atom stereocenters. The molecule has 1 aromatic carbocycles. The molecule has 2 rings (SSSR count). The third kappa shape index (κ3) is 2.87. The molecule has 0 heterocycles. The Morgan fingerprint density at radius 3 is 2.47 bits per heavy atom. The van der Waals surface area contributed by atoms with Crippen molar-refractivity contribution in [3.8, 4) is 0 Å². The molecule has 19 heavy (non-hydrogen) atoms. The zero-order chi connectivity index (χ0) is 13.8. The predicted octanol–water partition coefficient (Wildman–Crippen LogP) is 4.98. The second kappa shape index (κ2) is 5.75. The lowest BCUT2D eigenvalue weighted by Gasteiger charge is -2.18. The van der Waals surface area contributed by atoms with Crippen molar-refractivity contribution >= 4 is 11.3 Å². The van der Waals surface area contributed by atoms with Crippen molar-refractivity contribution < 1.29 is 4.74 Å². The molecular weight excluding hydrogens is 232 g/mol. The van der Waals surface area contributed by atoms with Crippen molar-refractivity contribution in [2.24, 2.45) is 0 Å². The summed E-state index contributed by atoms with van der Waals surface area (Å²) in [6.07, 6.45) is 6.61. The molecule has 0 aromatic heterocycles. The van der Waals surface area contributed by atoms with Gasteiger partial charge < -0.3 is 4.74 Å². The van der Waals surface area contributed by atoms with Gasteiger partial charge >= 0.3 is 0 Å². The van der Waals surface area contributed by atoms with Crippen molar-refractivity contribution in [1.82, 2.24) is 0 Å². The van der Waals surface area contributed by atoms with E-state index in [9.17, 15) is 0 Å². The molecule has 1 aromatic rings. The van der Waals surface area contributed by atoms with Crippen LogP contribution >= 0.6 is 0 Å². The fourth-order valence-electron chi connectivity index (χ4n) is 2.37. The quantitative estimate of drug-likeness (QED) is 0.686. The topological polar surface area (TPSA) is 9.23 Å². The van der Waals surface area contributed by atoms with E-state index in [4.69, 9.17) is 4.74 Å². The molecule has 1 heteroatoms. The van der Waals surface area contributed by atoms with E-state index >= 15 is 0 Å². The molecule has 1 aliphatic carbocycles. The van der Waals surface area contributed by atoms with Gasteiger partial charge in [0.05, 0.1) is 7.11 Å². The average molecular weight is 252 g/mol. The Balaban J connectivity index is 2.40. The first-order chi connectivity index (χ1) is 9.13. The lowest BCUT2D eigenvalue weighted by molar-refractivity contribution is 0.371. The number of benzene rings is 1. The molecule has 0 aliphatic heterocycles. The van der Waals surface area contributed by atoms with E-state index in [0.717, 1.165) is 29.5 Å². The largest absolute Gasteiger partial charge is 0.497 e. The van der Waals surface area contributed by atoms with Gasteiger partial charge in [-0.1, -0.05) is 55.1 Å². The summed E-state index contributed by atoms with van der Waals surface area (Å²) in [4.78, 5) is 0. The highest BCUT2D eigenvalue weighted by Crippen LogP contribution is 2.33. The molecule has 1 nitrogen and oxygen atoms in total. The first-order valence-electron chi connectivity index (χ1n) is 6.52. The summed E-state index contributed by atoms with van der Waals surface area (Å²) in [7, 11) is 1.65. The highest BCUT2D eigenvalue weighted by Gasteiger charge is 2.13. The van der Waals surface area contributed by atoms with Gasteiger partial charge in [-0.2, -0.15) is 0 Å². The van der Waals surface area contributed by atoms with Crippen LogP contribution in [0.2, 0.25) is 0 Å². The van der Waals surface area contributed by atoms with Crippen LogP contribution in [0.1, 0.15) is 30.9 Å². The van der Waals surface area contributed by atoms with Crippen LogP contribution in [0.4, 0.5) is 0 Å². The Labute approximate surface area is 115 Å². The molecule has 1 aliphatic rings. The van der Waals surface area contributed by atoms with Gasteiger partial charge in [-0.05, 0) is 36.5 Å². The molecule has 0 saturated carbocycles. The minimum atomic E-state index is 0.681. The van der Waals surface area contributed by atoms with E-state index in [2.05, 4.69) is 38.3 Å². The molecule has 0 radical (unpaired) electrons. The summed E-state index contributed by atoms with van der Waals surface area (Å²) < 4.78 is 5.27. The van der Waals surface area contributed by atoms with Crippen molar-refractivity contribution in [1.29, 1.82) is 0 Å². The first-order valence-corrected chi connectivity index (χ1v) is 6.52. The zero-order valence-electron chi connectivity index (χ0n) is 11.7. The third-order valence-electron chi connectivity index (χ3n) is 3.47. The van der Waals surface area contributed by atoms with Crippen LogP contribution in [0.25, 0.3) is 11.3 Å². The number of hydrogen-bond acceptors (Lipinski definition) is 1. The molecule has 0 bridgehead atoms. The Hall–Kier alpha value is -2.02. The Kier molecular flexibility index (Phi) is 4.06. The van der Waals surface area contributed by atoms with E-state index in [1.807, 2.05) is 18.2 Å². The van der Waals surface area contributed by atoms with E-state index in [-0.39, 0.29) is 0 Å². The van der Waals surface area contributed by atoms with Gasteiger partial charge in [0.1, 0.15) is 5.76 Å². The lowest BCUT2D eigenvalue weighted by Crippen LogP contribution is -1.98. The van der Waals surface area contributed by atoms with E-state index in [1.54, 1.807) is 7.11 Å². The van der Waals surface area contributed by atoms with Crippen molar-refractivity contribution in [2.45, 2.75) is 19.8 Å². The molecule has 0 saturated heterocycles. The van der Waals surface area contributed by atoms with Crippen molar-refractivity contribution in [3.63, 3.8) is 0 Å². The zero-order valence-corrected chi connectivity index (χ0v) is 11.7. The van der Waals surface area contributed by atoms with Crippen LogP contribution in [0.5, 0.6) is 0 Å². The summed E-state index contributed by atoms with van der Waals surface area (Å²) >= 11 is 0. The number of rotatable bonds is 4. The van der Waals surface area contributed by atoms with Gasteiger partial charge in [-0.15, -0.1) is 0 Å². The number of hydrogen-bond donors (Lipinski definition) is 0. The van der Waals surface area contributed by atoms with Crippen LogP contribution in [0.15, 0.2) is 60.7 Å². The van der Waals surface area contributed by atoms with Gasteiger partial charge in [0.2, 0.25) is 0 Å². The molecular formula is C18H20O. The van der Waals surface area contributed by atoms with Gasteiger partial charge in [-0.3, -0.25) is 0 Å². The Morgan fingerprint density at radius 1 is 1.16 bits per heavy atom. The molecule has 98 valence electrons. The maximum Gasteiger partial charge on any atom is 0.119 e. The van der Waals surface area contributed by atoms with E-state index in [0.29, 0.717) is 5.76 Å². The van der Waals surface area contributed by atoms with Gasteiger partial charge in [0, 0.05) is 5.56 Å². The van der Waals surface area contributed by atoms with E-state index in [1.165, 1.54) is 11.1 Å². The fourth-order valence-corrected chi connectivity index (χ4v) is 2.37. The maximum absolute atomic E-state index is 5.27. The summed E-state index contributed by atoms with van der Waals surface area (Å²) in [5.74, 6) is 0.681. The summed E-state index contributed by atoms with van der Waals surface area (Å²) in [6, 6.07) is 8.13. The first kappa shape index (κ1) is 13.4. The Morgan fingerprint density at radius 2 is 1.84 bits per heavy atom. The second-order valence-corrected chi connectivity index (χ2v) is 4.81. The van der Waals surface area contributed by atoms with Crippen LogP contribution < -0.4 is 0 Å². The van der Waals surface area contributed by atoms with Gasteiger partial charge in [0.25, 0.3) is 0 Å². The van der Waals surface area contributed by atoms with Crippen LogP contribution in [-0.2, 0) is 4.74 Å². The molecule has 0 amide bonds. The van der Waals surface area contributed by atoms with Crippen LogP contribution in [0, 0.1) is 0 Å². The van der Waals surface area contributed by atoms with Crippen LogP contribution in [-0.4, -0.2) is 7.11 Å².